The Labute approximate surface area is 210 Å². The van der Waals surface area contributed by atoms with Gasteiger partial charge in [0.1, 0.15) is 22.5 Å². The standard InChI is InChI=1S/C28H33N5O3/c1-3-4-5-6-7-9-16-30-27(34)22-18-23-26(31-24-11-8-10-17-32(24)28(23)35)33(25(22)29)19-20-12-14-21(36-2)15-13-20/h8,10-15,17-18,29H,3-7,9,16,19H2,1-2H3,(H,30,34). The lowest BCUT2D eigenvalue weighted by atomic mass is 10.1. The van der Waals surface area contributed by atoms with Gasteiger partial charge in [0.2, 0.25) is 0 Å². The van der Waals surface area contributed by atoms with Crippen molar-refractivity contribution in [3.63, 3.8) is 0 Å². The van der Waals surface area contributed by atoms with E-state index in [1.54, 1.807) is 30.0 Å². The van der Waals surface area contributed by atoms with Crippen LogP contribution in [0.15, 0.2) is 59.5 Å². The quantitative estimate of drug-likeness (QED) is 0.244. The smallest absolute Gasteiger partial charge is 0.267 e. The van der Waals surface area contributed by atoms with E-state index in [4.69, 9.17) is 15.1 Å². The molecule has 4 aromatic rings. The molecule has 3 heterocycles. The Balaban J connectivity index is 1.71. The summed E-state index contributed by atoms with van der Waals surface area (Å²) in [6, 6.07) is 14.3. The maximum Gasteiger partial charge on any atom is 0.267 e. The van der Waals surface area contributed by atoms with E-state index >= 15 is 0 Å². The summed E-state index contributed by atoms with van der Waals surface area (Å²) in [5, 5.41) is 12.1. The van der Waals surface area contributed by atoms with Crippen LogP contribution < -0.4 is 21.1 Å². The van der Waals surface area contributed by atoms with E-state index in [1.807, 2.05) is 30.3 Å². The third-order valence-corrected chi connectivity index (χ3v) is 6.38. The maximum atomic E-state index is 13.3. The van der Waals surface area contributed by atoms with Gasteiger partial charge < -0.3 is 14.6 Å². The number of nitrogens with one attached hydrogen (secondary N) is 2. The van der Waals surface area contributed by atoms with Gasteiger partial charge in [0.15, 0.2) is 0 Å². The first-order valence-corrected chi connectivity index (χ1v) is 12.5. The number of carbonyl (C=O) groups excluding carboxylic acids is 1. The second-order valence-corrected chi connectivity index (χ2v) is 8.95. The first-order valence-electron chi connectivity index (χ1n) is 12.5. The lowest BCUT2D eigenvalue weighted by Crippen LogP contribution is -2.35. The Morgan fingerprint density at radius 2 is 1.81 bits per heavy atom. The Bertz CT molecular complexity index is 1470. The minimum absolute atomic E-state index is 0.0194. The number of ether oxygens (including phenoxy) is 1. The number of carbonyl (C=O) groups is 1. The van der Waals surface area contributed by atoms with Crippen molar-refractivity contribution in [3.05, 3.63) is 81.7 Å². The molecule has 2 N–H and O–H groups in total. The molecule has 0 atom stereocenters. The molecule has 8 nitrogen and oxygen atoms in total. The fraction of sp³-hybridized carbons (Fsp3) is 0.357. The van der Waals surface area contributed by atoms with Crippen LogP contribution in [0.25, 0.3) is 16.7 Å². The molecule has 0 aliphatic carbocycles. The molecule has 0 unspecified atom stereocenters. The fourth-order valence-electron chi connectivity index (χ4n) is 4.33. The third-order valence-electron chi connectivity index (χ3n) is 6.38. The highest BCUT2D eigenvalue weighted by Gasteiger charge is 2.17. The van der Waals surface area contributed by atoms with E-state index in [0.717, 1.165) is 30.6 Å². The van der Waals surface area contributed by atoms with Crippen LogP contribution in [0.1, 0.15) is 61.4 Å². The van der Waals surface area contributed by atoms with Gasteiger partial charge in [0.25, 0.3) is 11.5 Å². The molecule has 4 rings (SSSR count). The maximum absolute atomic E-state index is 13.3. The summed E-state index contributed by atoms with van der Waals surface area (Å²) < 4.78 is 8.34. The molecule has 0 radical (unpaired) electrons. The largest absolute Gasteiger partial charge is 0.497 e. The van der Waals surface area contributed by atoms with E-state index in [9.17, 15) is 9.59 Å². The summed E-state index contributed by atoms with van der Waals surface area (Å²) in [4.78, 5) is 31.2. The monoisotopic (exact) mass is 487 g/mol. The Morgan fingerprint density at radius 1 is 1.06 bits per heavy atom. The molecular formula is C28H33N5O3. The van der Waals surface area contributed by atoms with E-state index in [2.05, 4.69) is 12.2 Å². The zero-order valence-electron chi connectivity index (χ0n) is 20.9. The number of hydrogen-bond acceptors (Lipinski definition) is 5. The average molecular weight is 488 g/mol. The van der Waals surface area contributed by atoms with Crippen molar-refractivity contribution in [3.8, 4) is 5.75 Å². The number of rotatable bonds is 11. The average Bonchev–Trinajstić information content (AvgIpc) is 2.90. The van der Waals surface area contributed by atoms with Crippen LogP contribution in [0, 0.1) is 5.41 Å². The number of amides is 1. The Kier molecular flexibility index (Phi) is 8.15. The van der Waals surface area contributed by atoms with E-state index in [0.29, 0.717) is 23.2 Å². The van der Waals surface area contributed by atoms with Crippen molar-refractivity contribution in [2.24, 2.45) is 0 Å². The van der Waals surface area contributed by atoms with Crippen molar-refractivity contribution < 1.29 is 9.53 Å². The van der Waals surface area contributed by atoms with Crippen molar-refractivity contribution >= 4 is 22.6 Å². The summed E-state index contributed by atoms with van der Waals surface area (Å²) in [5.41, 5.74) is 1.67. The van der Waals surface area contributed by atoms with Gasteiger partial charge in [-0.2, -0.15) is 0 Å². The molecule has 1 aromatic carbocycles. The SMILES string of the molecule is CCCCCCCCNC(=O)c1cc2c(=O)n3ccccc3nc2n(Cc2ccc(OC)cc2)c1=N. The molecule has 0 spiro atoms. The van der Waals surface area contributed by atoms with Crippen molar-refractivity contribution in [2.75, 3.05) is 13.7 Å². The van der Waals surface area contributed by atoms with E-state index in [-0.39, 0.29) is 29.1 Å². The highest BCUT2D eigenvalue weighted by molar-refractivity contribution is 5.96. The first-order chi connectivity index (χ1) is 17.5. The van der Waals surface area contributed by atoms with Crippen molar-refractivity contribution in [2.45, 2.75) is 52.0 Å². The number of hydrogen-bond donors (Lipinski definition) is 2. The summed E-state index contributed by atoms with van der Waals surface area (Å²) in [6.45, 7) is 3.01. The predicted molar refractivity (Wildman–Crippen MR) is 141 cm³/mol. The third kappa shape index (κ3) is 5.48. The first kappa shape index (κ1) is 25.2. The number of pyridine rings is 2. The Hall–Kier alpha value is -3.94. The summed E-state index contributed by atoms with van der Waals surface area (Å²) >= 11 is 0. The molecule has 0 aliphatic rings. The number of benzene rings is 1. The minimum atomic E-state index is -0.350. The van der Waals surface area contributed by atoms with Crippen LogP contribution in [0.5, 0.6) is 5.75 Å². The molecule has 8 heteroatoms. The van der Waals surface area contributed by atoms with Crippen LogP contribution in [-0.2, 0) is 6.54 Å². The normalized spacial score (nSPS) is 11.2. The lowest BCUT2D eigenvalue weighted by Gasteiger charge is -2.15. The highest BCUT2D eigenvalue weighted by atomic mass is 16.5. The van der Waals surface area contributed by atoms with Crippen molar-refractivity contribution in [1.82, 2.24) is 19.3 Å². The molecule has 3 aromatic heterocycles. The molecule has 0 aliphatic heterocycles. The van der Waals surface area contributed by atoms with Crippen LogP contribution in [0.3, 0.4) is 0 Å². The summed E-state index contributed by atoms with van der Waals surface area (Å²) in [7, 11) is 1.61. The summed E-state index contributed by atoms with van der Waals surface area (Å²) in [6.07, 6.45) is 8.40. The molecule has 0 saturated heterocycles. The molecule has 36 heavy (non-hydrogen) atoms. The summed E-state index contributed by atoms with van der Waals surface area (Å²) in [5.74, 6) is 0.376. The molecule has 188 valence electrons. The predicted octanol–water partition coefficient (Wildman–Crippen LogP) is 4.28. The topological polar surface area (TPSA) is 101 Å². The van der Waals surface area contributed by atoms with Gasteiger partial charge in [-0.3, -0.25) is 19.4 Å². The second-order valence-electron chi connectivity index (χ2n) is 8.95. The van der Waals surface area contributed by atoms with Crippen molar-refractivity contribution in [1.29, 1.82) is 5.41 Å². The van der Waals surface area contributed by atoms with Gasteiger partial charge in [-0.05, 0) is 42.3 Å². The second kappa shape index (κ2) is 11.7. The van der Waals surface area contributed by atoms with Gasteiger partial charge >= 0.3 is 0 Å². The van der Waals surface area contributed by atoms with Crippen LogP contribution in [-0.4, -0.2) is 33.5 Å². The molecular weight excluding hydrogens is 454 g/mol. The Morgan fingerprint density at radius 3 is 2.56 bits per heavy atom. The van der Waals surface area contributed by atoms with E-state index < -0.39 is 0 Å². The van der Waals surface area contributed by atoms with Gasteiger partial charge in [-0.25, -0.2) is 4.98 Å². The van der Waals surface area contributed by atoms with Crippen LogP contribution in [0.2, 0.25) is 0 Å². The number of fused-ring (bicyclic) bond motifs is 2. The van der Waals surface area contributed by atoms with Crippen LogP contribution >= 0.6 is 0 Å². The molecule has 0 bridgehead atoms. The lowest BCUT2D eigenvalue weighted by molar-refractivity contribution is 0.0950. The number of methoxy groups -OCH3 is 1. The molecule has 1 amide bonds. The highest BCUT2D eigenvalue weighted by Crippen LogP contribution is 2.15. The zero-order valence-corrected chi connectivity index (χ0v) is 20.9. The van der Waals surface area contributed by atoms with Crippen LogP contribution in [0.4, 0.5) is 0 Å². The number of nitrogens with zero attached hydrogens (tertiary/aromatic N) is 3. The number of aromatic nitrogens is 3. The fourth-order valence-corrected chi connectivity index (χ4v) is 4.33. The minimum Gasteiger partial charge on any atom is -0.497 e. The van der Waals surface area contributed by atoms with Gasteiger partial charge in [-0.15, -0.1) is 0 Å². The van der Waals surface area contributed by atoms with Gasteiger partial charge in [-0.1, -0.05) is 57.2 Å². The molecule has 0 fully saturated rings. The van der Waals surface area contributed by atoms with E-state index in [1.165, 1.54) is 29.7 Å². The van der Waals surface area contributed by atoms with Gasteiger partial charge in [0.05, 0.1) is 24.6 Å². The zero-order chi connectivity index (χ0) is 25.5. The molecule has 0 saturated carbocycles. The van der Waals surface area contributed by atoms with Gasteiger partial charge in [0, 0.05) is 12.7 Å². The number of unbranched alkanes of at least 4 members (excludes halogenated alkanes) is 5.